The first-order valence-corrected chi connectivity index (χ1v) is 7.91. The van der Waals surface area contributed by atoms with Crippen LogP contribution < -0.4 is 20.1 Å². The predicted octanol–water partition coefficient (Wildman–Crippen LogP) is 1.80. The standard InChI is InChI=1S/C17H27N3O3/c1-5-18-16(20-10-17(2)11-23-12-17)19-9-13-6-7-14(21-3)8-15(13)22-4/h6-8H,5,9-12H2,1-4H3,(H2,18,19,20). The normalized spacial score (nSPS) is 16.4. The summed E-state index contributed by atoms with van der Waals surface area (Å²) in [4.78, 5) is 4.64. The number of rotatable bonds is 7. The van der Waals surface area contributed by atoms with Crippen molar-refractivity contribution in [2.24, 2.45) is 10.4 Å². The monoisotopic (exact) mass is 321 g/mol. The van der Waals surface area contributed by atoms with Gasteiger partial charge in [0, 0.05) is 30.1 Å². The summed E-state index contributed by atoms with van der Waals surface area (Å²) < 4.78 is 15.9. The summed E-state index contributed by atoms with van der Waals surface area (Å²) in [6.45, 7) is 8.06. The fraction of sp³-hybridized carbons (Fsp3) is 0.588. The molecule has 0 amide bonds. The molecule has 0 radical (unpaired) electrons. The lowest BCUT2D eigenvalue weighted by atomic mass is 9.89. The molecule has 128 valence electrons. The maximum absolute atomic E-state index is 5.41. The van der Waals surface area contributed by atoms with Crippen LogP contribution in [0.25, 0.3) is 0 Å². The van der Waals surface area contributed by atoms with Gasteiger partial charge in [0.1, 0.15) is 11.5 Å². The molecule has 6 heteroatoms. The van der Waals surface area contributed by atoms with Gasteiger partial charge in [-0.15, -0.1) is 0 Å². The van der Waals surface area contributed by atoms with Crippen LogP contribution in [0.4, 0.5) is 0 Å². The molecule has 0 spiro atoms. The molecule has 1 fully saturated rings. The van der Waals surface area contributed by atoms with Crippen LogP contribution in [0.1, 0.15) is 19.4 Å². The molecule has 0 unspecified atom stereocenters. The van der Waals surface area contributed by atoms with Gasteiger partial charge in [0.2, 0.25) is 0 Å². The molecule has 1 aromatic rings. The van der Waals surface area contributed by atoms with E-state index in [1.807, 2.05) is 18.2 Å². The first kappa shape index (κ1) is 17.4. The zero-order valence-corrected chi connectivity index (χ0v) is 14.4. The van der Waals surface area contributed by atoms with Crippen molar-refractivity contribution in [1.82, 2.24) is 10.6 Å². The van der Waals surface area contributed by atoms with Crippen molar-refractivity contribution >= 4 is 5.96 Å². The number of methoxy groups -OCH3 is 2. The average molecular weight is 321 g/mol. The number of benzene rings is 1. The SMILES string of the molecule is CCNC(=NCc1ccc(OC)cc1OC)NCC1(C)COC1. The third-order valence-corrected chi connectivity index (χ3v) is 3.83. The van der Waals surface area contributed by atoms with Crippen LogP contribution in [0.2, 0.25) is 0 Å². The van der Waals surface area contributed by atoms with E-state index in [1.165, 1.54) is 0 Å². The summed E-state index contributed by atoms with van der Waals surface area (Å²) in [6, 6.07) is 5.77. The Morgan fingerprint density at radius 2 is 2.04 bits per heavy atom. The Bertz CT molecular complexity index is 542. The molecule has 1 aliphatic rings. The highest BCUT2D eigenvalue weighted by Crippen LogP contribution is 2.26. The third-order valence-electron chi connectivity index (χ3n) is 3.83. The van der Waals surface area contributed by atoms with Crippen LogP contribution in [0.15, 0.2) is 23.2 Å². The summed E-state index contributed by atoms with van der Waals surface area (Å²) in [7, 11) is 3.30. The van der Waals surface area contributed by atoms with Crippen LogP contribution >= 0.6 is 0 Å². The summed E-state index contributed by atoms with van der Waals surface area (Å²) in [5.41, 5.74) is 1.22. The molecule has 1 aromatic carbocycles. The molecule has 0 bridgehead atoms. The van der Waals surface area contributed by atoms with E-state index in [9.17, 15) is 0 Å². The van der Waals surface area contributed by atoms with Crippen LogP contribution in [-0.2, 0) is 11.3 Å². The molecule has 2 N–H and O–H groups in total. The highest BCUT2D eigenvalue weighted by molar-refractivity contribution is 5.79. The lowest BCUT2D eigenvalue weighted by Gasteiger charge is -2.38. The Labute approximate surface area is 138 Å². The van der Waals surface area contributed by atoms with Crippen molar-refractivity contribution < 1.29 is 14.2 Å². The zero-order chi connectivity index (χ0) is 16.7. The second-order valence-corrected chi connectivity index (χ2v) is 6.03. The highest BCUT2D eigenvalue weighted by atomic mass is 16.5. The van der Waals surface area contributed by atoms with E-state index in [4.69, 9.17) is 14.2 Å². The summed E-state index contributed by atoms with van der Waals surface area (Å²) in [5, 5.41) is 6.65. The van der Waals surface area contributed by atoms with Gasteiger partial charge >= 0.3 is 0 Å². The molecule has 2 rings (SSSR count). The highest BCUT2D eigenvalue weighted by Gasteiger charge is 2.33. The van der Waals surface area contributed by atoms with Crippen LogP contribution in [0.3, 0.4) is 0 Å². The molecule has 23 heavy (non-hydrogen) atoms. The fourth-order valence-corrected chi connectivity index (χ4v) is 2.34. The van der Waals surface area contributed by atoms with Gasteiger partial charge in [-0.3, -0.25) is 0 Å². The maximum atomic E-state index is 5.41. The van der Waals surface area contributed by atoms with E-state index in [-0.39, 0.29) is 5.41 Å². The Balaban J connectivity index is 2.01. The maximum Gasteiger partial charge on any atom is 0.191 e. The van der Waals surface area contributed by atoms with Gasteiger partial charge in [0.05, 0.1) is 34.0 Å². The summed E-state index contributed by atoms with van der Waals surface area (Å²) in [5.74, 6) is 2.36. The van der Waals surface area contributed by atoms with E-state index in [0.717, 1.165) is 49.3 Å². The largest absolute Gasteiger partial charge is 0.497 e. The van der Waals surface area contributed by atoms with Crippen LogP contribution in [0, 0.1) is 5.41 Å². The predicted molar refractivity (Wildman–Crippen MR) is 91.3 cm³/mol. The average Bonchev–Trinajstić information content (AvgIpc) is 2.55. The Morgan fingerprint density at radius 1 is 1.26 bits per heavy atom. The molecule has 1 aliphatic heterocycles. The van der Waals surface area contributed by atoms with Crippen molar-refractivity contribution in [2.45, 2.75) is 20.4 Å². The van der Waals surface area contributed by atoms with Crippen molar-refractivity contribution in [1.29, 1.82) is 0 Å². The van der Waals surface area contributed by atoms with Gasteiger partial charge in [0.25, 0.3) is 0 Å². The summed E-state index contributed by atoms with van der Waals surface area (Å²) >= 11 is 0. The van der Waals surface area contributed by atoms with Crippen LogP contribution in [0.5, 0.6) is 11.5 Å². The minimum absolute atomic E-state index is 0.202. The minimum atomic E-state index is 0.202. The van der Waals surface area contributed by atoms with Crippen molar-refractivity contribution in [3.05, 3.63) is 23.8 Å². The van der Waals surface area contributed by atoms with E-state index < -0.39 is 0 Å². The van der Waals surface area contributed by atoms with Gasteiger partial charge in [-0.25, -0.2) is 4.99 Å². The molecule has 0 atom stereocenters. The van der Waals surface area contributed by atoms with Crippen LogP contribution in [-0.4, -0.2) is 46.5 Å². The lowest BCUT2D eigenvalue weighted by Crippen LogP contribution is -2.51. The number of hydrogen-bond donors (Lipinski definition) is 2. The lowest BCUT2D eigenvalue weighted by molar-refractivity contribution is -0.0971. The second kappa shape index (κ2) is 8.06. The number of ether oxygens (including phenoxy) is 3. The number of aliphatic imine (C=N–C) groups is 1. The third kappa shape index (κ3) is 4.76. The van der Waals surface area contributed by atoms with Crippen molar-refractivity contribution in [3.8, 4) is 11.5 Å². The van der Waals surface area contributed by atoms with Gasteiger partial charge < -0.3 is 24.8 Å². The quantitative estimate of drug-likeness (QED) is 0.592. The van der Waals surface area contributed by atoms with E-state index in [1.54, 1.807) is 14.2 Å². The Hall–Kier alpha value is -1.95. The molecule has 0 aliphatic carbocycles. The van der Waals surface area contributed by atoms with E-state index >= 15 is 0 Å². The molecule has 1 heterocycles. The fourth-order valence-electron chi connectivity index (χ4n) is 2.34. The number of nitrogens with one attached hydrogen (secondary N) is 2. The number of guanidine groups is 1. The van der Waals surface area contributed by atoms with Gasteiger partial charge in [-0.2, -0.15) is 0 Å². The molecule has 0 saturated carbocycles. The second-order valence-electron chi connectivity index (χ2n) is 6.03. The van der Waals surface area contributed by atoms with E-state index in [0.29, 0.717) is 6.54 Å². The van der Waals surface area contributed by atoms with Gasteiger partial charge in [0.15, 0.2) is 5.96 Å². The molecular formula is C17H27N3O3. The zero-order valence-electron chi connectivity index (χ0n) is 14.4. The number of hydrogen-bond acceptors (Lipinski definition) is 4. The molecule has 6 nitrogen and oxygen atoms in total. The van der Waals surface area contributed by atoms with E-state index in [2.05, 4.69) is 29.5 Å². The Kier molecular flexibility index (Phi) is 6.10. The van der Waals surface area contributed by atoms with Gasteiger partial charge in [-0.1, -0.05) is 6.92 Å². The summed E-state index contributed by atoms with van der Waals surface area (Å²) in [6.07, 6.45) is 0. The minimum Gasteiger partial charge on any atom is -0.497 e. The first-order chi connectivity index (χ1) is 11.1. The molecule has 1 saturated heterocycles. The van der Waals surface area contributed by atoms with Gasteiger partial charge in [-0.05, 0) is 19.1 Å². The Morgan fingerprint density at radius 3 is 2.61 bits per heavy atom. The number of nitrogens with zero attached hydrogens (tertiary/aromatic N) is 1. The molecular weight excluding hydrogens is 294 g/mol. The topological polar surface area (TPSA) is 64.1 Å². The molecule has 0 aromatic heterocycles. The van der Waals surface area contributed by atoms with Crippen molar-refractivity contribution in [3.63, 3.8) is 0 Å². The first-order valence-electron chi connectivity index (χ1n) is 7.91. The van der Waals surface area contributed by atoms with Crippen molar-refractivity contribution in [2.75, 3.05) is 40.5 Å². The smallest absolute Gasteiger partial charge is 0.191 e.